The number of nitrogens with zero attached hydrogens (tertiary/aromatic N) is 1. The van der Waals surface area contributed by atoms with Gasteiger partial charge in [0, 0.05) is 26.5 Å². The summed E-state index contributed by atoms with van der Waals surface area (Å²) in [7, 11) is 2.65. The van der Waals surface area contributed by atoms with Crippen molar-refractivity contribution in [2.45, 2.75) is 18.4 Å². The van der Waals surface area contributed by atoms with E-state index in [0.29, 0.717) is 0 Å². The molecule has 8 heteroatoms. The number of aromatic amines is 1. The summed E-state index contributed by atoms with van der Waals surface area (Å²) in [5.41, 5.74) is -1.34. The summed E-state index contributed by atoms with van der Waals surface area (Å²) in [6.45, 7) is -0.385. The molecule has 3 atom stereocenters. The molecule has 0 aliphatic heterocycles. The fourth-order valence-corrected chi connectivity index (χ4v) is 1.57. The van der Waals surface area contributed by atoms with Gasteiger partial charge in [-0.3, -0.25) is 14.3 Å². The van der Waals surface area contributed by atoms with Crippen LogP contribution in [0.4, 0.5) is 0 Å². The van der Waals surface area contributed by atoms with E-state index in [9.17, 15) is 14.7 Å². The molecule has 8 nitrogen and oxygen atoms in total. The smallest absolute Gasteiger partial charge is 0.330 e. The molecule has 0 aromatic carbocycles. The Balaban J connectivity index is 3.06. The quantitative estimate of drug-likeness (QED) is 0.548. The number of ether oxygens (including phenoxy) is 2. The van der Waals surface area contributed by atoms with Crippen LogP contribution in [0, 0.1) is 0 Å². The van der Waals surface area contributed by atoms with Crippen molar-refractivity contribution in [2.75, 3.05) is 20.8 Å². The molecule has 3 N–H and O–H groups in total. The summed E-state index contributed by atoms with van der Waals surface area (Å²) in [5, 5.41) is 19.1. The molecule has 0 bridgehead atoms. The van der Waals surface area contributed by atoms with Crippen LogP contribution in [0.1, 0.15) is 6.23 Å². The third-order valence-electron chi connectivity index (χ3n) is 2.55. The van der Waals surface area contributed by atoms with Crippen LogP contribution in [-0.2, 0) is 9.47 Å². The number of hydrogen-bond acceptors (Lipinski definition) is 6. The van der Waals surface area contributed by atoms with Crippen LogP contribution < -0.4 is 11.2 Å². The zero-order valence-corrected chi connectivity index (χ0v) is 10.1. The molecule has 1 heterocycles. The van der Waals surface area contributed by atoms with E-state index in [1.807, 2.05) is 4.98 Å². The molecule has 0 saturated carbocycles. The normalized spacial score (nSPS) is 16.2. The maximum Gasteiger partial charge on any atom is 0.330 e. The van der Waals surface area contributed by atoms with Gasteiger partial charge in [0.15, 0.2) is 6.23 Å². The van der Waals surface area contributed by atoms with E-state index in [1.54, 1.807) is 0 Å². The van der Waals surface area contributed by atoms with Crippen molar-refractivity contribution >= 4 is 0 Å². The molecule has 1 aromatic rings. The van der Waals surface area contributed by atoms with Crippen LogP contribution in [0.15, 0.2) is 21.9 Å². The summed E-state index contributed by atoms with van der Waals surface area (Å²) in [5.74, 6) is 0. The van der Waals surface area contributed by atoms with Crippen molar-refractivity contribution in [2.24, 2.45) is 0 Å². The lowest BCUT2D eigenvalue weighted by Gasteiger charge is -2.28. The highest BCUT2D eigenvalue weighted by Crippen LogP contribution is 2.14. The van der Waals surface area contributed by atoms with Gasteiger partial charge < -0.3 is 19.7 Å². The Hall–Kier alpha value is -1.48. The minimum Gasteiger partial charge on any atom is -0.394 e. The van der Waals surface area contributed by atoms with Crippen molar-refractivity contribution in [1.29, 1.82) is 0 Å². The van der Waals surface area contributed by atoms with E-state index in [2.05, 4.69) is 0 Å². The Morgan fingerprint density at radius 1 is 1.39 bits per heavy atom. The highest BCUT2D eigenvalue weighted by molar-refractivity contribution is 4.87. The average Bonchev–Trinajstić information content (AvgIpc) is 2.35. The molecule has 0 aliphatic rings. The fraction of sp³-hybridized carbons (Fsp3) is 0.600. The number of aromatic nitrogens is 2. The van der Waals surface area contributed by atoms with Gasteiger partial charge in [0.05, 0.1) is 6.61 Å². The Morgan fingerprint density at radius 3 is 2.50 bits per heavy atom. The van der Waals surface area contributed by atoms with Crippen LogP contribution >= 0.6 is 0 Å². The lowest BCUT2D eigenvalue weighted by Crippen LogP contribution is -2.44. The predicted octanol–water partition coefficient (Wildman–Crippen LogP) is -1.95. The number of methoxy groups -OCH3 is 2. The van der Waals surface area contributed by atoms with Crippen molar-refractivity contribution in [1.82, 2.24) is 9.55 Å². The summed E-state index contributed by atoms with van der Waals surface area (Å²) in [6, 6.07) is 1.10. The molecule has 0 aliphatic carbocycles. The zero-order chi connectivity index (χ0) is 13.7. The van der Waals surface area contributed by atoms with Crippen LogP contribution in [-0.4, -0.2) is 52.8 Å². The Bertz CT molecular complexity index is 478. The summed E-state index contributed by atoms with van der Waals surface area (Å²) in [6.07, 6.45) is -2.01. The molecule has 102 valence electrons. The number of H-pyrrole nitrogens is 1. The molecule has 0 spiro atoms. The minimum atomic E-state index is -1.39. The molecule has 1 rings (SSSR count). The highest BCUT2D eigenvalue weighted by atomic mass is 16.5. The summed E-state index contributed by atoms with van der Waals surface area (Å²) in [4.78, 5) is 24.4. The first-order chi connectivity index (χ1) is 8.54. The Morgan fingerprint density at radius 2 is 2.06 bits per heavy atom. The van der Waals surface area contributed by atoms with Gasteiger partial charge >= 0.3 is 5.69 Å². The van der Waals surface area contributed by atoms with Crippen molar-refractivity contribution in [3.8, 4) is 0 Å². The van der Waals surface area contributed by atoms with E-state index in [-0.39, 0.29) is 6.61 Å². The minimum absolute atomic E-state index is 0.385. The van der Waals surface area contributed by atoms with Gasteiger partial charge in [-0.1, -0.05) is 0 Å². The van der Waals surface area contributed by atoms with Crippen LogP contribution in [0.2, 0.25) is 0 Å². The maximum absolute atomic E-state index is 11.5. The summed E-state index contributed by atoms with van der Waals surface area (Å²) < 4.78 is 10.8. The van der Waals surface area contributed by atoms with Gasteiger partial charge in [0.1, 0.15) is 12.2 Å². The molecule has 18 heavy (non-hydrogen) atoms. The molecular weight excluding hydrogens is 244 g/mol. The van der Waals surface area contributed by atoms with E-state index in [4.69, 9.17) is 14.6 Å². The lowest BCUT2D eigenvalue weighted by atomic mass is 10.2. The average molecular weight is 260 g/mol. The second-order valence-electron chi connectivity index (χ2n) is 3.59. The first kappa shape index (κ1) is 14.6. The Kier molecular flexibility index (Phi) is 5.23. The number of rotatable bonds is 6. The molecule has 0 amide bonds. The number of aliphatic hydroxyl groups is 2. The first-order valence-corrected chi connectivity index (χ1v) is 5.21. The fourth-order valence-electron chi connectivity index (χ4n) is 1.57. The Labute approximate surface area is 102 Å². The molecule has 0 fully saturated rings. The van der Waals surface area contributed by atoms with Gasteiger partial charge in [0.2, 0.25) is 0 Å². The third kappa shape index (κ3) is 3.05. The molecule has 0 radical (unpaired) electrons. The van der Waals surface area contributed by atoms with Gasteiger partial charge in [0.25, 0.3) is 5.56 Å². The maximum atomic E-state index is 11.5. The van der Waals surface area contributed by atoms with Crippen molar-refractivity contribution < 1.29 is 19.7 Å². The lowest BCUT2D eigenvalue weighted by molar-refractivity contribution is -0.134. The van der Waals surface area contributed by atoms with E-state index in [0.717, 1.165) is 16.8 Å². The standard InChI is InChI=1S/C10H16N2O6/c1-17-6(5-13)8(18-2)9(15)12-4-3-7(14)11-10(12)16/h3-4,6,8-9,13,15H,5H2,1-2H3,(H,11,14,16)/t6-,8+,9?/m1/s1. The second kappa shape index (κ2) is 6.45. The molecule has 1 unspecified atom stereocenters. The highest BCUT2D eigenvalue weighted by Gasteiger charge is 2.29. The van der Waals surface area contributed by atoms with Gasteiger partial charge in [-0.15, -0.1) is 0 Å². The van der Waals surface area contributed by atoms with E-state index >= 15 is 0 Å². The van der Waals surface area contributed by atoms with Gasteiger partial charge in [-0.2, -0.15) is 0 Å². The van der Waals surface area contributed by atoms with Crippen LogP contribution in [0.25, 0.3) is 0 Å². The monoisotopic (exact) mass is 260 g/mol. The molecule has 0 saturated heterocycles. The van der Waals surface area contributed by atoms with Gasteiger partial charge in [-0.05, 0) is 0 Å². The zero-order valence-electron chi connectivity index (χ0n) is 10.1. The summed E-state index contributed by atoms with van der Waals surface area (Å²) >= 11 is 0. The topological polar surface area (TPSA) is 114 Å². The van der Waals surface area contributed by atoms with Crippen molar-refractivity contribution in [3.63, 3.8) is 0 Å². The largest absolute Gasteiger partial charge is 0.394 e. The van der Waals surface area contributed by atoms with Crippen LogP contribution in [0.3, 0.4) is 0 Å². The predicted molar refractivity (Wildman–Crippen MR) is 61.3 cm³/mol. The van der Waals surface area contributed by atoms with Crippen molar-refractivity contribution in [3.05, 3.63) is 33.1 Å². The number of nitrogens with one attached hydrogen (secondary N) is 1. The third-order valence-corrected chi connectivity index (χ3v) is 2.55. The van der Waals surface area contributed by atoms with E-state index in [1.165, 1.54) is 14.2 Å². The van der Waals surface area contributed by atoms with Gasteiger partial charge in [-0.25, -0.2) is 4.79 Å². The molecular formula is C10H16N2O6. The van der Waals surface area contributed by atoms with E-state index < -0.39 is 29.7 Å². The number of aliphatic hydroxyl groups excluding tert-OH is 2. The van der Waals surface area contributed by atoms with Crippen LogP contribution in [0.5, 0.6) is 0 Å². The molecule has 1 aromatic heterocycles. The number of hydrogen-bond donors (Lipinski definition) is 3. The first-order valence-electron chi connectivity index (χ1n) is 5.21. The SMILES string of the molecule is CO[C@H](C(O)n1ccc(=O)[nH]c1=O)[C@@H](CO)OC. The second-order valence-corrected chi connectivity index (χ2v) is 3.59.